The van der Waals surface area contributed by atoms with E-state index in [0.717, 1.165) is 0 Å². The van der Waals surface area contributed by atoms with Gasteiger partial charge in [-0.1, -0.05) is 18.2 Å². The summed E-state index contributed by atoms with van der Waals surface area (Å²) in [5, 5.41) is 2.63. The van der Waals surface area contributed by atoms with Gasteiger partial charge in [-0.3, -0.25) is 0 Å². The van der Waals surface area contributed by atoms with Gasteiger partial charge in [0, 0.05) is 5.69 Å². The molecule has 0 aromatic heterocycles. The molecule has 0 heterocycles. The Morgan fingerprint density at radius 3 is 2.62 bits per heavy atom. The minimum Gasteiger partial charge on any atom is -0.303 e. The molecule has 0 aliphatic heterocycles. The van der Waals surface area contributed by atoms with Gasteiger partial charge in [-0.2, -0.15) is 0 Å². The van der Waals surface area contributed by atoms with E-state index in [1.54, 1.807) is 19.1 Å². The molecule has 1 rings (SSSR count). The Hall–Kier alpha value is -0.830. The second kappa shape index (κ2) is 4.42. The number of nitrogens with two attached hydrogens (primary N) is 1. The maximum absolute atomic E-state index is 11.4. The number of rotatable bonds is 4. The third-order valence-corrected chi connectivity index (χ3v) is 2.59. The van der Waals surface area contributed by atoms with Crippen molar-refractivity contribution in [3.05, 3.63) is 30.3 Å². The van der Waals surface area contributed by atoms with Crippen LogP contribution in [0.15, 0.2) is 30.3 Å². The largest absolute Gasteiger partial charge is 0.363 e. The van der Waals surface area contributed by atoms with Crippen LogP contribution >= 0.6 is 7.67 Å². The highest BCUT2D eigenvalue weighted by atomic mass is 31.2. The molecule has 1 aromatic rings. The second-order valence-corrected chi connectivity index (χ2v) is 4.17. The molecule has 0 aliphatic rings. The average Bonchev–Trinajstić information content (AvgIpc) is 2.04. The number of anilines is 1. The van der Waals surface area contributed by atoms with Gasteiger partial charge in [0.1, 0.15) is 0 Å². The van der Waals surface area contributed by atoms with Gasteiger partial charge in [0.15, 0.2) is 0 Å². The van der Waals surface area contributed by atoms with Crippen LogP contribution in [0.3, 0.4) is 0 Å². The van der Waals surface area contributed by atoms with Crippen molar-refractivity contribution in [2.24, 2.45) is 5.50 Å². The van der Waals surface area contributed by atoms with Crippen LogP contribution in [0.4, 0.5) is 5.69 Å². The molecule has 0 saturated heterocycles. The predicted molar refractivity (Wildman–Crippen MR) is 53.5 cm³/mol. The minimum absolute atomic E-state index is 0.327. The summed E-state index contributed by atoms with van der Waals surface area (Å²) >= 11 is 0. The van der Waals surface area contributed by atoms with Crippen molar-refractivity contribution in [3.63, 3.8) is 0 Å². The molecule has 0 bridgehead atoms. The summed E-state index contributed by atoms with van der Waals surface area (Å²) in [6.07, 6.45) is 0. The Morgan fingerprint density at radius 1 is 1.46 bits per heavy atom. The molecule has 0 radical (unpaired) electrons. The second-order valence-electron chi connectivity index (χ2n) is 2.49. The number of hydrogen-bond donors (Lipinski definition) is 2. The fourth-order valence-electron chi connectivity index (χ4n) is 0.917. The topological polar surface area (TPSA) is 64.3 Å². The smallest absolute Gasteiger partial charge is 0.303 e. The molecular formula is C8H13N2O2P. The van der Waals surface area contributed by atoms with E-state index in [2.05, 4.69) is 5.09 Å². The summed E-state index contributed by atoms with van der Waals surface area (Å²) < 4.78 is 16.3. The normalized spacial score (nSPS) is 14.9. The lowest BCUT2D eigenvalue weighted by molar-refractivity contribution is 0.337. The minimum atomic E-state index is -3.16. The van der Waals surface area contributed by atoms with E-state index in [0.29, 0.717) is 12.3 Å². The molecule has 1 unspecified atom stereocenters. The number of nitrogens with one attached hydrogen (secondary N) is 1. The lowest BCUT2D eigenvalue weighted by Crippen LogP contribution is -2.08. The van der Waals surface area contributed by atoms with E-state index in [9.17, 15) is 4.57 Å². The first kappa shape index (κ1) is 10.3. The highest BCUT2D eigenvalue weighted by Gasteiger charge is 2.14. The Labute approximate surface area is 77.7 Å². The van der Waals surface area contributed by atoms with Gasteiger partial charge in [0.25, 0.3) is 0 Å². The molecule has 0 amide bonds. The van der Waals surface area contributed by atoms with E-state index in [1.807, 2.05) is 18.2 Å². The van der Waals surface area contributed by atoms with Crippen molar-refractivity contribution < 1.29 is 9.09 Å². The maximum atomic E-state index is 11.4. The van der Waals surface area contributed by atoms with Gasteiger partial charge in [0.2, 0.25) is 0 Å². The van der Waals surface area contributed by atoms with Crippen molar-refractivity contribution in [2.75, 3.05) is 11.7 Å². The summed E-state index contributed by atoms with van der Waals surface area (Å²) in [5.41, 5.74) is 6.08. The van der Waals surface area contributed by atoms with E-state index in [4.69, 9.17) is 10.0 Å². The van der Waals surface area contributed by atoms with Crippen molar-refractivity contribution in [2.45, 2.75) is 6.92 Å². The molecular weight excluding hydrogens is 187 g/mol. The molecule has 0 spiro atoms. The Balaban J connectivity index is 2.64. The van der Waals surface area contributed by atoms with Gasteiger partial charge >= 0.3 is 7.67 Å². The Bertz CT molecular complexity index is 302. The first-order valence-electron chi connectivity index (χ1n) is 4.00. The first-order chi connectivity index (χ1) is 6.14. The molecule has 1 atom stereocenters. The fourth-order valence-corrected chi connectivity index (χ4v) is 1.87. The van der Waals surface area contributed by atoms with Crippen LogP contribution in [-0.4, -0.2) is 6.61 Å². The molecule has 0 saturated carbocycles. The van der Waals surface area contributed by atoms with Gasteiger partial charge in [0.05, 0.1) is 6.61 Å². The Morgan fingerprint density at radius 2 is 2.08 bits per heavy atom. The summed E-state index contributed by atoms with van der Waals surface area (Å²) in [5.74, 6) is 0. The van der Waals surface area contributed by atoms with Crippen LogP contribution in [0.25, 0.3) is 0 Å². The summed E-state index contributed by atoms with van der Waals surface area (Å²) in [7, 11) is -3.16. The average molecular weight is 200 g/mol. The summed E-state index contributed by atoms with van der Waals surface area (Å²) in [4.78, 5) is 0. The number of para-hydroxylation sites is 1. The van der Waals surface area contributed by atoms with Crippen molar-refractivity contribution in [1.29, 1.82) is 0 Å². The third kappa shape index (κ3) is 3.59. The highest BCUT2D eigenvalue weighted by Crippen LogP contribution is 2.37. The maximum Gasteiger partial charge on any atom is 0.363 e. The molecule has 0 fully saturated rings. The van der Waals surface area contributed by atoms with Gasteiger partial charge in [-0.25, -0.2) is 10.1 Å². The van der Waals surface area contributed by atoms with Gasteiger partial charge in [-0.05, 0) is 19.1 Å². The summed E-state index contributed by atoms with van der Waals surface area (Å²) in [6, 6.07) is 9.08. The van der Waals surface area contributed by atoms with Crippen molar-refractivity contribution >= 4 is 13.4 Å². The molecule has 72 valence electrons. The summed E-state index contributed by atoms with van der Waals surface area (Å²) in [6.45, 7) is 2.07. The zero-order valence-corrected chi connectivity index (χ0v) is 8.33. The number of benzene rings is 1. The lowest BCUT2D eigenvalue weighted by Gasteiger charge is -2.14. The monoisotopic (exact) mass is 200 g/mol. The van der Waals surface area contributed by atoms with E-state index < -0.39 is 7.67 Å². The van der Waals surface area contributed by atoms with Gasteiger partial charge in [-0.15, -0.1) is 0 Å². The predicted octanol–water partition coefficient (Wildman–Crippen LogP) is 2.20. The van der Waals surface area contributed by atoms with E-state index in [1.165, 1.54) is 0 Å². The van der Waals surface area contributed by atoms with Crippen molar-refractivity contribution in [1.82, 2.24) is 0 Å². The quantitative estimate of drug-likeness (QED) is 0.731. The first-order valence-corrected chi connectivity index (χ1v) is 5.70. The zero-order valence-electron chi connectivity index (χ0n) is 7.43. The van der Waals surface area contributed by atoms with E-state index in [-0.39, 0.29) is 0 Å². The molecule has 1 aromatic carbocycles. The number of hydrogen-bond acceptors (Lipinski definition) is 2. The van der Waals surface area contributed by atoms with Gasteiger partial charge < -0.3 is 9.61 Å². The van der Waals surface area contributed by atoms with Crippen LogP contribution in [0.5, 0.6) is 0 Å². The van der Waals surface area contributed by atoms with Crippen LogP contribution in [0.1, 0.15) is 6.92 Å². The van der Waals surface area contributed by atoms with Crippen molar-refractivity contribution in [3.8, 4) is 0 Å². The Kier molecular flexibility index (Phi) is 3.48. The molecule has 3 N–H and O–H groups in total. The standard InChI is InChI=1S/C8H13N2O2P/c1-2-12-13(9,11)10-8-6-4-3-5-7-8/h3-7H,2H2,1H3,(H3,9,10,11). The molecule has 5 heteroatoms. The molecule has 0 aliphatic carbocycles. The van der Waals surface area contributed by atoms with Crippen LogP contribution < -0.4 is 10.6 Å². The van der Waals surface area contributed by atoms with Crippen LogP contribution in [0, 0.1) is 0 Å². The fraction of sp³-hybridized carbons (Fsp3) is 0.250. The van der Waals surface area contributed by atoms with Crippen LogP contribution in [0.2, 0.25) is 0 Å². The SMILES string of the molecule is CCOP(N)(=O)Nc1ccccc1. The van der Waals surface area contributed by atoms with Crippen LogP contribution in [-0.2, 0) is 9.09 Å². The third-order valence-electron chi connectivity index (χ3n) is 1.38. The molecule has 13 heavy (non-hydrogen) atoms. The van der Waals surface area contributed by atoms with E-state index >= 15 is 0 Å². The lowest BCUT2D eigenvalue weighted by atomic mass is 10.3. The highest BCUT2D eigenvalue weighted by molar-refractivity contribution is 7.58. The molecule has 4 nitrogen and oxygen atoms in total. The zero-order chi connectivity index (χ0) is 9.73.